The number of carbonyl (C=O) groups excluding carboxylic acids is 1. The average molecular weight is 259 g/mol. The molecule has 7 heteroatoms. The summed E-state index contributed by atoms with van der Waals surface area (Å²) in [4.78, 5) is 15.3. The number of amides is 1. The van der Waals surface area contributed by atoms with Crippen molar-refractivity contribution in [2.45, 2.75) is 19.0 Å². The molecule has 18 heavy (non-hydrogen) atoms. The van der Waals surface area contributed by atoms with Crippen LogP contribution in [0.25, 0.3) is 0 Å². The number of hydrogen-bond donors (Lipinski definition) is 1. The number of halogens is 3. The van der Waals surface area contributed by atoms with Crippen molar-refractivity contribution in [2.24, 2.45) is 0 Å². The van der Waals surface area contributed by atoms with Gasteiger partial charge in [-0.3, -0.25) is 15.2 Å². The first-order valence-electron chi connectivity index (χ1n) is 5.56. The van der Waals surface area contributed by atoms with Crippen LogP contribution in [0.1, 0.15) is 28.9 Å². The molecule has 2 rings (SSSR count). The summed E-state index contributed by atoms with van der Waals surface area (Å²) in [7, 11) is 0. The molecule has 0 spiro atoms. The van der Waals surface area contributed by atoms with Crippen LogP contribution in [0, 0.1) is 0 Å². The predicted octanol–water partition coefficient (Wildman–Crippen LogP) is 1.84. The van der Waals surface area contributed by atoms with E-state index in [2.05, 4.69) is 10.4 Å². The Hall–Kier alpha value is -1.63. The maximum absolute atomic E-state index is 12.7. The van der Waals surface area contributed by atoms with Crippen LogP contribution in [0.5, 0.6) is 0 Å². The summed E-state index contributed by atoms with van der Waals surface area (Å²) in [6, 6.07) is 2.02. The number of rotatable bonds is 2. The van der Waals surface area contributed by atoms with Gasteiger partial charge in [-0.25, -0.2) is 5.01 Å². The van der Waals surface area contributed by atoms with Crippen LogP contribution in [-0.2, 0) is 6.18 Å². The summed E-state index contributed by atoms with van der Waals surface area (Å²) in [5, 5.41) is 1.61. The van der Waals surface area contributed by atoms with Gasteiger partial charge in [0.15, 0.2) is 0 Å². The van der Waals surface area contributed by atoms with E-state index >= 15 is 0 Å². The molecule has 1 N–H and O–H groups in total. The SMILES string of the molecule is O=C(NN1CCCC1)c1ncccc1C(F)(F)F. The van der Waals surface area contributed by atoms with E-state index in [0.717, 1.165) is 25.0 Å². The Labute approximate surface area is 102 Å². The summed E-state index contributed by atoms with van der Waals surface area (Å²) < 4.78 is 38.1. The number of carbonyl (C=O) groups is 1. The lowest BCUT2D eigenvalue weighted by atomic mass is 10.2. The van der Waals surface area contributed by atoms with Crippen molar-refractivity contribution in [1.29, 1.82) is 0 Å². The standard InChI is InChI=1S/C11H12F3N3O/c12-11(13,14)8-4-3-5-15-9(8)10(18)16-17-6-1-2-7-17/h3-5H,1-2,6-7H2,(H,16,18). The highest BCUT2D eigenvalue weighted by Crippen LogP contribution is 2.30. The second kappa shape index (κ2) is 4.93. The maximum atomic E-state index is 12.7. The largest absolute Gasteiger partial charge is 0.418 e. The number of nitrogens with zero attached hydrogens (tertiary/aromatic N) is 2. The summed E-state index contributed by atoms with van der Waals surface area (Å²) in [5.74, 6) is -0.815. The Kier molecular flexibility index (Phi) is 3.51. The van der Waals surface area contributed by atoms with Crippen molar-refractivity contribution >= 4 is 5.91 Å². The van der Waals surface area contributed by atoms with Crippen LogP contribution in [-0.4, -0.2) is 29.0 Å². The molecule has 0 aromatic carbocycles. The average Bonchev–Trinajstić information content (AvgIpc) is 2.80. The zero-order chi connectivity index (χ0) is 13.2. The molecule has 0 saturated carbocycles. The normalized spacial score (nSPS) is 16.8. The minimum absolute atomic E-state index is 0.586. The summed E-state index contributed by atoms with van der Waals surface area (Å²) in [6.45, 7) is 1.31. The molecule has 1 saturated heterocycles. The molecule has 4 nitrogen and oxygen atoms in total. The van der Waals surface area contributed by atoms with E-state index in [1.54, 1.807) is 5.01 Å². The van der Waals surface area contributed by atoms with E-state index in [1.807, 2.05) is 0 Å². The van der Waals surface area contributed by atoms with Gasteiger partial charge in [-0.2, -0.15) is 13.2 Å². The molecule has 1 fully saturated rings. The van der Waals surface area contributed by atoms with Gasteiger partial charge in [0.25, 0.3) is 5.91 Å². The molecule has 1 aliphatic heterocycles. The molecule has 0 radical (unpaired) electrons. The fourth-order valence-corrected chi connectivity index (χ4v) is 1.84. The maximum Gasteiger partial charge on any atom is 0.418 e. The molecular weight excluding hydrogens is 247 g/mol. The Balaban J connectivity index is 2.19. The Morgan fingerprint density at radius 3 is 2.61 bits per heavy atom. The quantitative estimate of drug-likeness (QED) is 0.881. The van der Waals surface area contributed by atoms with E-state index in [4.69, 9.17) is 0 Å². The highest BCUT2D eigenvalue weighted by atomic mass is 19.4. The van der Waals surface area contributed by atoms with Gasteiger partial charge in [0, 0.05) is 19.3 Å². The zero-order valence-corrected chi connectivity index (χ0v) is 9.50. The van der Waals surface area contributed by atoms with E-state index in [9.17, 15) is 18.0 Å². The van der Waals surface area contributed by atoms with Crippen molar-refractivity contribution < 1.29 is 18.0 Å². The van der Waals surface area contributed by atoms with E-state index < -0.39 is 23.3 Å². The third-order valence-electron chi connectivity index (χ3n) is 2.69. The molecule has 1 aromatic rings. The van der Waals surface area contributed by atoms with E-state index in [-0.39, 0.29) is 0 Å². The van der Waals surface area contributed by atoms with Gasteiger partial charge in [0.1, 0.15) is 5.69 Å². The van der Waals surface area contributed by atoms with Crippen LogP contribution >= 0.6 is 0 Å². The van der Waals surface area contributed by atoms with Crippen molar-refractivity contribution in [3.63, 3.8) is 0 Å². The monoisotopic (exact) mass is 259 g/mol. The number of aromatic nitrogens is 1. The molecular formula is C11H12F3N3O. The molecule has 1 amide bonds. The van der Waals surface area contributed by atoms with Crippen molar-refractivity contribution in [1.82, 2.24) is 15.4 Å². The lowest BCUT2D eigenvalue weighted by molar-refractivity contribution is -0.138. The Morgan fingerprint density at radius 2 is 2.00 bits per heavy atom. The van der Waals surface area contributed by atoms with Gasteiger partial charge in [-0.1, -0.05) is 0 Å². The van der Waals surface area contributed by atoms with Gasteiger partial charge in [-0.15, -0.1) is 0 Å². The minimum Gasteiger partial charge on any atom is -0.283 e. The van der Waals surface area contributed by atoms with Crippen LogP contribution in [0.15, 0.2) is 18.3 Å². The van der Waals surface area contributed by atoms with Crippen molar-refractivity contribution in [3.8, 4) is 0 Å². The lowest BCUT2D eigenvalue weighted by Gasteiger charge is -2.17. The number of pyridine rings is 1. The predicted molar refractivity (Wildman–Crippen MR) is 57.5 cm³/mol. The topological polar surface area (TPSA) is 45.2 Å². The van der Waals surface area contributed by atoms with Crippen molar-refractivity contribution in [2.75, 3.05) is 13.1 Å². The van der Waals surface area contributed by atoms with Gasteiger partial charge in [-0.05, 0) is 25.0 Å². The molecule has 0 atom stereocenters. The molecule has 0 bridgehead atoms. The Morgan fingerprint density at radius 1 is 1.33 bits per heavy atom. The van der Waals surface area contributed by atoms with Crippen LogP contribution in [0.2, 0.25) is 0 Å². The second-order valence-corrected chi connectivity index (χ2v) is 4.03. The number of alkyl halides is 3. The van der Waals surface area contributed by atoms with Gasteiger partial charge in [0.2, 0.25) is 0 Å². The van der Waals surface area contributed by atoms with Gasteiger partial charge in [0.05, 0.1) is 5.56 Å². The second-order valence-electron chi connectivity index (χ2n) is 4.03. The fraction of sp³-hybridized carbons (Fsp3) is 0.455. The molecule has 2 heterocycles. The molecule has 1 aliphatic rings. The van der Waals surface area contributed by atoms with Crippen LogP contribution < -0.4 is 5.43 Å². The van der Waals surface area contributed by atoms with Gasteiger partial charge < -0.3 is 0 Å². The number of hydrogen-bond acceptors (Lipinski definition) is 3. The van der Waals surface area contributed by atoms with Crippen LogP contribution in [0.4, 0.5) is 13.2 Å². The lowest BCUT2D eigenvalue weighted by Crippen LogP contribution is -2.41. The molecule has 0 aliphatic carbocycles. The summed E-state index contributed by atoms with van der Waals surface area (Å²) in [6.07, 6.45) is -1.55. The smallest absolute Gasteiger partial charge is 0.283 e. The summed E-state index contributed by atoms with van der Waals surface area (Å²) >= 11 is 0. The minimum atomic E-state index is -4.58. The van der Waals surface area contributed by atoms with Crippen molar-refractivity contribution in [3.05, 3.63) is 29.6 Å². The number of nitrogens with one attached hydrogen (secondary N) is 1. The molecule has 1 aromatic heterocycles. The first-order chi connectivity index (χ1) is 8.48. The zero-order valence-electron chi connectivity index (χ0n) is 9.50. The molecule has 98 valence electrons. The number of hydrazine groups is 1. The first-order valence-corrected chi connectivity index (χ1v) is 5.56. The Bertz CT molecular complexity index is 441. The highest BCUT2D eigenvalue weighted by Gasteiger charge is 2.36. The van der Waals surface area contributed by atoms with E-state index in [1.165, 1.54) is 6.20 Å². The van der Waals surface area contributed by atoms with E-state index in [0.29, 0.717) is 13.1 Å². The highest BCUT2D eigenvalue weighted by molar-refractivity contribution is 5.93. The molecule has 0 unspecified atom stereocenters. The van der Waals surface area contributed by atoms with Crippen LogP contribution in [0.3, 0.4) is 0 Å². The third-order valence-corrected chi connectivity index (χ3v) is 2.69. The summed E-state index contributed by atoms with van der Waals surface area (Å²) in [5.41, 5.74) is 0.841. The first kappa shape index (κ1) is 12.8. The fourth-order valence-electron chi connectivity index (χ4n) is 1.84. The third kappa shape index (κ3) is 2.79. The van der Waals surface area contributed by atoms with Gasteiger partial charge >= 0.3 is 6.18 Å².